The Kier molecular flexibility index (Phi) is 11.7. The molecule has 1 amide bonds. The summed E-state index contributed by atoms with van der Waals surface area (Å²) in [5, 5.41) is 13.1. The second kappa shape index (κ2) is 16.5. The van der Waals surface area contributed by atoms with E-state index in [9.17, 15) is 18.3 Å². The number of benzene rings is 4. The van der Waals surface area contributed by atoms with Gasteiger partial charge in [0.2, 0.25) is 15.9 Å². The topological polar surface area (TPSA) is 140 Å². The first-order valence-electron chi connectivity index (χ1n) is 16.2. The van der Waals surface area contributed by atoms with Gasteiger partial charge in [0, 0.05) is 35.8 Å². The lowest BCUT2D eigenvalue weighted by Gasteiger charge is -2.36. The largest absolute Gasteiger partial charge is 0.392 e. The van der Waals surface area contributed by atoms with Crippen molar-refractivity contribution in [3.8, 4) is 0 Å². The van der Waals surface area contributed by atoms with Crippen molar-refractivity contribution in [3.05, 3.63) is 149 Å². The molecular formula is C38H38N4O6S2. The zero-order valence-corrected chi connectivity index (χ0v) is 29.0. The monoisotopic (exact) mass is 710 g/mol. The molecule has 0 saturated carbocycles. The maximum atomic E-state index is 13.6. The Morgan fingerprint density at radius 3 is 2.22 bits per heavy atom. The number of thioether (sulfide) groups is 1. The van der Waals surface area contributed by atoms with Crippen LogP contribution in [0.15, 0.2) is 132 Å². The number of aliphatic hydroxyl groups is 1. The summed E-state index contributed by atoms with van der Waals surface area (Å²) < 4.78 is 42.1. The number of nitrogens with zero attached hydrogens (tertiary/aromatic N) is 2. The van der Waals surface area contributed by atoms with E-state index in [0.717, 1.165) is 27.8 Å². The average molecular weight is 711 g/mol. The van der Waals surface area contributed by atoms with Gasteiger partial charge in [-0.1, -0.05) is 96.2 Å². The fourth-order valence-corrected chi connectivity index (χ4v) is 7.53. The van der Waals surface area contributed by atoms with Crippen LogP contribution in [0.5, 0.6) is 0 Å². The molecule has 4 unspecified atom stereocenters. The third kappa shape index (κ3) is 9.42. The Morgan fingerprint density at radius 1 is 0.860 bits per heavy atom. The molecule has 2 heterocycles. The zero-order valence-electron chi connectivity index (χ0n) is 27.4. The number of rotatable bonds is 13. The molecule has 1 aromatic heterocycles. The highest BCUT2D eigenvalue weighted by atomic mass is 32.2. The van der Waals surface area contributed by atoms with Crippen LogP contribution in [0.3, 0.4) is 0 Å². The van der Waals surface area contributed by atoms with Crippen LogP contribution in [0.4, 0.5) is 5.69 Å². The Labute approximate surface area is 296 Å². The molecular weight excluding hydrogens is 673 g/mol. The van der Waals surface area contributed by atoms with Gasteiger partial charge in [0.1, 0.15) is 6.04 Å². The number of aliphatic hydroxyl groups excluding tert-OH is 1. The molecule has 1 saturated heterocycles. The highest BCUT2D eigenvalue weighted by Gasteiger charge is 2.33. The number of hydrogen-bond acceptors (Lipinski definition) is 9. The standard InChI is InChI=1S/C38H38N4O6S2/c1-26-8-18-33(19-9-26)50(45,46)42-34(22-27-6-3-2-4-7-27)36(44)41-31-16-14-30(15-17-31)37-47-32(25-49-38-39-20-5-21-40-38)23-35(48-37)29-12-10-28(24-43)11-13-29/h2-21,32,34-35,37,42-43H,22-25H2,1H3,(H,41,44). The van der Waals surface area contributed by atoms with E-state index < -0.39 is 28.3 Å². The molecule has 4 atom stereocenters. The Bertz CT molecular complexity index is 1950. The van der Waals surface area contributed by atoms with E-state index in [0.29, 0.717) is 23.0 Å². The number of sulfonamides is 1. The van der Waals surface area contributed by atoms with Gasteiger partial charge in [0.15, 0.2) is 11.4 Å². The summed E-state index contributed by atoms with van der Waals surface area (Å²) in [6, 6.07) is 31.3. The van der Waals surface area contributed by atoms with Crippen LogP contribution in [0.25, 0.3) is 0 Å². The van der Waals surface area contributed by atoms with E-state index in [1.807, 2.05) is 73.7 Å². The molecule has 0 radical (unpaired) electrons. The Balaban J connectivity index is 1.17. The summed E-state index contributed by atoms with van der Waals surface area (Å²) in [4.78, 5) is 22.3. The van der Waals surface area contributed by atoms with Crippen molar-refractivity contribution in [1.29, 1.82) is 0 Å². The van der Waals surface area contributed by atoms with Crippen molar-refractivity contribution in [2.75, 3.05) is 11.1 Å². The fraction of sp³-hybridized carbons (Fsp3) is 0.237. The molecule has 6 rings (SSSR count). The van der Waals surface area contributed by atoms with Gasteiger partial charge < -0.3 is 19.9 Å². The van der Waals surface area contributed by atoms with Gasteiger partial charge in [-0.15, -0.1) is 0 Å². The minimum Gasteiger partial charge on any atom is -0.392 e. The molecule has 0 bridgehead atoms. The lowest BCUT2D eigenvalue weighted by Crippen LogP contribution is -2.45. The van der Waals surface area contributed by atoms with Gasteiger partial charge in [-0.2, -0.15) is 4.72 Å². The van der Waals surface area contributed by atoms with E-state index in [1.54, 1.807) is 42.7 Å². The lowest BCUT2D eigenvalue weighted by atomic mass is 10.0. The molecule has 0 aliphatic carbocycles. The molecule has 258 valence electrons. The Morgan fingerprint density at radius 2 is 1.54 bits per heavy atom. The molecule has 12 heteroatoms. The molecule has 10 nitrogen and oxygen atoms in total. The van der Waals surface area contributed by atoms with Crippen LogP contribution >= 0.6 is 11.8 Å². The highest BCUT2D eigenvalue weighted by Crippen LogP contribution is 2.39. The third-order valence-corrected chi connectivity index (χ3v) is 10.7. The summed E-state index contributed by atoms with van der Waals surface area (Å²) in [7, 11) is -3.98. The number of anilines is 1. The SMILES string of the molecule is Cc1ccc(S(=O)(=O)NC(Cc2ccccc2)C(=O)Nc2ccc(C3OC(CSc4ncccn4)CC(c4ccc(CO)cc4)O3)cc2)cc1. The van der Waals surface area contributed by atoms with E-state index >= 15 is 0 Å². The predicted octanol–water partition coefficient (Wildman–Crippen LogP) is 6.14. The number of hydrogen-bond donors (Lipinski definition) is 3. The zero-order chi connectivity index (χ0) is 34.9. The maximum Gasteiger partial charge on any atom is 0.242 e. The summed E-state index contributed by atoms with van der Waals surface area (Å²) in [6.07, 6.45) is 3.06. The van der Waals surface area contributed by atoms with Crippen LogP contribution in [-0.4, -0.2) is 47.3 Å². The number of aromatic nitrogens is 2. The van der Waals surface area contributed by atoms with Crippen molar-refractivity contribution >= 4 is 33.4 Å². The summed E-state index contributed by atoms with van der Waals surface area (Å²) in [6.45, 7) is 1.84. The van der Waals surface area contributed by atoms with Gasteiger partial charge in [0.05, 0.1) is 23.7 Å². The first-order chi connectivity index (χ1) is 24.3. The fourth-order valence-electron chi connectivity index (χ4n) is 5.51. The number of carbonyl (C=O) groups excluding carboxylic acids is 1. The van der Waals surface area contributed by atoms with Crippen LogP contribution in [-0.2, 0) is 37.3 Å². The van der Waals surface area contributed by atoms with E-state index in [4.69, 9.17) is 9.47 Å². The average Bonchev–Trinajstić information content (AvgIpc) is 3.15. The van der Waals surface area contributed by atoms with Crippen LogP contribution in [0.2, 0.25) is 0 Å². The molecule has 1 fully saturated rings. The van der Waals surface area contributed by atoms with Crippen molar-refractivity contribution in [3.63, 3.8) is 0 Å². The first kappa shape index (κ1) is 35.4. The number of ether oxygens (including phenoxy) is 2. The van der Waals surface area contributed by atoms with Crippen molar-refractivity contribution < 1.29 is 27.8 Å². The van der Waals surface area contributed by atoms with Gasteiger partial charge in [-0.25, -0.2) is 18.4 Å². The molecule has 3 N–H and O–H groups in total. The quantitative estimate of drug-likeness (QED) is 0.0971. The smallest absolute Gasteiger partial charge is 0.242 e. The minimum atomic E-state index is -3.98. The molecule has 5 aromatic rings. The van der Waals surface area contributed by atoms with E-state index in [-0.39, 0.29) is 30.1 Å². The van der Waals surface area contributed by atoms with Crippen LogP contribution < -0.4 is 10.0 Å². The summed E-state index contributed by atoms with van der Waals surface area (Å²) in [5.41, 5.74) is 4.78. The maximum absolute atomic E-state index is 13.6. The molecule has 0 spiro atoms. The predicted molar refractivity (Wildman–Crippen MR) is 192 cm³/mol. The van der Waals surface area contributed by atoms with E-state index in [2.05, 4.69) is 20.0 Å². The lowest BCUT2D eigenvalue weighted by molar-refractivity contribution is -0.245. The number of carbonyl (C=O) groups is 1. The van der Waals surface area contributed by atoms with E-state index in [1.165, 1.54) is 23.9 Å². The van der Waals surface area contributed by atoms with Gasteiger partial charge in [0.25, 0.3) is 0 Å². The third-order valence-electron chi connectivity index (χ3n) is 8.23. The second-order valence-electron chi connectivity index (χ2n) is 12.0. The van der Waals surface area contributed by atoms with Crippen molar-refractivity contribution in [1.82, 2.24) is 14.7 Å². The molecule has 1 aliphatic heterocycles. The highest BCUT2D eigenvalue weighted by molar-refractivity contribution is 7.99. The molecule has 1 aliphatic rings. The normalized spacial score (nSPS) is 18.3. The van der Waals surface area contributed by atoms with Crippen LogP contribution in [0, 0.1) is 6.92 Å². The first-order valence-corrected chi connectivity index (χ1v) is 18.7. The van der Waals surface area contributed by atoms with Gasteiger partial charge in [-0.3, -0.25) is 4.79 Å². The number of amides is 1. The Hall–Kier alpha value is -4.43. The number of aryl methyl sites for hydroxylation is 1. The molecule has 4 aromatic carbocycles. The van der Waals surface area contributed by atoms with Gasteiger partial charge >= 0.3 is 0 Å². The second-order valence-corrected chi connectivity index (χ2v) is 14.7. The van der Waals surface area contributed by atoms with Crippen molar-refractivity contribution in [2.24, 2.45) is 0 Å². The summed E-state index contributed by atoms with van der Waals surface area (Å²) in [5.74, 6) is 0.124. The van der Waals surface area contributed by atoms with Gasteiger partial charge in [-0.05, 0) is 60.4 Å². The molecule has 50 heavy (non-hydrogen) atoms. The minimum absolute atomic E-state index is 0.0393. The summed E-state index contributed by atoms with van der Waals surface area (Å²) >= 11 is 1.51. The van der Waals surface area contributed by atoms with Crippen molar-refractivity contribution in [2.45, 2.75) is 61.0 Å². The number of nitrogens with one attached hydrogen (secondary N) is 2. The van der Waals surface area contributed by atoms with Crippen LogP contribution in [0.1, 0.15) is 46.6 Å².